The molecule has 0 saturated heterocycles. The Morgan fingerprint density at radius 3 is 2.60 bits per heavy atom. The van der Waals surface area contributed by atoms with E-state index in [-0.39, 0.29) is 17.9 Å². The summed E-state index contributed by atoms with van der Waals surface area (Å²) in [5.74, 6) is 0.741. The third-order valence-corrected chi connectivity index (χ3v) is 4.04. The van der Waals surface area contributed by atoms with E-state index in [1.54, 1.807) is 36.4 Å². The van der Waals surface area contributed by atoms with Crippen LogP contribution in [0.3, 0.4) is 0 Å². The largest absolute Gasteiger partial charge is 0.493 e. The number of ketones is 1. The maximum absolute atomic E-state index is 12.5. The number of nitrogens with zero attached hydrogens (tertiary/aromatic N) is 2. The molecule has 0 atom stereocenters. The van der Waals surface area contributed by atoms with Crippen molar-refractivity contribution in [3.63, 3.8) is 0 Å². The zero-order chi connectivity index (χ0) is 18.0. The molecule has 3 aromatic rings. The van der Waals surface area contributed by atoms with Crippen LogP contribution < -0.4 is 15.0 Å². The molecule has 0 unspecified atom stereocenters. The van der Waals surface area contributed by atoms with Gasteiger partial charge in [-0.1, -0.05) is 11.6 Å². The highest BCUT2D eigenvalue weighted by molar-refractivity contribution is 6.31. The number of carbonyl (C=O) groups excluding carboxylic acids is 1. The Hall–Kier alpha value is -2.86. The molecule has 2 aromatic carbocycles. The molecule has 6 nitrogen and oxygen atoms in total. The van der Waals surface area contributed by atoms with Crippen LogP contribution in [0.25, 0.3) is 10.9 Å². The van der Waals surface area contributed by atoms with Gasteiger partial charge in [0.15, 0.2) is 17.3 Å². The van der Waals surface area contributed by atoms with Gasteiger partial charge in [-0.2, -0.15) is 0 Å². The molecule has 3 rings (SSSR count). The first-order chi connectivity index (χ1) is 12.0. The van der Waals surface area contributed by atoms with Gasteiger partial charge in [-0.05, 0) is 36.4 Å². The highest BCUT2D eigenvalue weighted by Crippen LogP contribution is 2.27. The van der Waals surface area contributed by atoms with Gasteiger partial charge in [0.25, 0.3) is 5.56 Å². The number of benzene rings is 2. The third kappa shape index (κ3) is 3.34. The van der Waals surface area contributed by atoms with Gasteiger partial charge < -0.3 is 9.47 Å². The van der Waals surface area contributed by atoms with E-state index in [1.165, 1.54) is 25.1 Å². The van der Waals surface area contributed by atoms with Crippen molar-refractivity contribution in [1.29, 1.82) is 0 Å². The second-order valence-corrected chi connectivity index (χ2v) is 5.77. The Balaban J connectivity index is 1.93. The summed E-state index contributed by atoms with van der Waals surface area (Å²) < 4.78 is 11.6. The normalized spacial score (nSPS) is 10.7. The Bertz CT molecular complexity index is 1010. The zero-order valence-electron chi connectivity index (χ0n) is 13.7. The van der Waals surface area contributed by atoms with Crippen molar-refractivity contribution in [1.82, 2.24) is 9.55 Å². The van der Waals surface area contributed by atoms with E-state index >= 15 is 0 Å². The Morgan fingerprint density at radius 1 is 1.12 bits per heavy atom. The van der Waals surface area contributed by atoms with Crippen LogP contribution in [0.2, 0.25) is 5.02 Å². The van der Waals surface area contributed by atoms with Crippen LogP contribution >= 0.6 is 11.6 Å². The standard InChI is InChI=1S/C18H15ClN2O4/c1-24-16-6-3-11(7-17(16)25-2)15(22)9-21-10-20-14-8-12(19)4-5-13(14)18(21)23/h3-8,10H,9H2,1-2H3. The predicted molar refractivity (Wildman–Crippen MR) is 94.9 cm³/mol. The molecule has 128 valence electrons. The Morgan fingerprint density at radius 2 is 1.88 bits per heavy atom. The van der Waals surface area contributed by atoms with E-state index in [2.05, 4.69) is 4.98 Å². The molecule has 1 heterocycles. The molecule has 0 fully saturated rings. The monoisotopic (exact) mass is 358 g/mol. The molecule has 1 aromatic heterocycles. The molecule has 25 heavy (non-hydrogen) atoms. The van der Waals surface area contributed by atoms with E-state index in [1.807, 2.05) is 0 Å². The summed E-state index contributed by atoms with van der Waals surface area (Å²) in [6.07, 6.45) is 1.35. The third-order valence-electron chi connectivity index (χ3n) is 3.81. The van der Waals surface area contributed by atoms with Crippen LogP contribution in [0.4, 0.5) is 0 Å². The summed E-state index contributed by atoms with van der Waals surface area (Å²) in [7, 11) is 3.01. The number of hydrogen-bond acceptors (Lipinski definition) is 5. The van der Waals surface area contributed by atoms with Gasteiger partial charge in [0.2, 0.25) is 0 Å². The van der Waals surface area contributed by atoms with E-state index < -0.39 is 0 Å². The molecule has 0 amide bonds. The molecular formula is C18H15ClN2O4. The van der Waals surface area contributed by atoms with Gasteiger partial charge in [-0.3, -0.25) is 14.2 Å². The summed E-state index contributed by atoms with van der Waals surface area (Å²) in [5.41, 5.74) is 0.614. The fraction of sp³-hybridized carbons (Fsp3) is 0.167. The van der Waals surface area contributed by atoms with Gasteiger partial charge in [-0.25, -0.2) is 4.98 Å². The topological polar surface area (TPSA) is 70.4 Å². The molecule has 0 spiro atoms. The molecule has 0 saturated carbocycles. The van der Waals surface area contributed by atoms with Gasteiger partial charge in [-0.15, -0.1) is 0 Å². The second kappa shape index (κ2) is 6.94. The van der Waals surface area contributed by atoms with Crippen LogP contribution in [0.15, 0.2) is 47.5 Å². The maximum Gasteiger partial charge on any atom is 0.261 e. The molecule has 0 aliphatic rings. The predicted octanol–water partition coefficient (Wildman–Crippen LogP) is 2.95. The number of aromatic nitrogens is 2. The minimum absolute atomic E-state index is 0.125. The van der Waals surface area contributed by atoms with E-state index in [0.717, 1.165) is 0 Å². The molecule has 0 radical (unpaired) electrons. The number of Topliss-reactive ketones (excluding diaryl/α,β-unsaturated/α-hetero) is 1. The lowest BCUT2D eigenvalue weighted by Gasteiger charge is -2.10. The van der Waals surface area contributed by atoms with Gasteiger partial charge in [0.1, 0.15) is 0 Å². The quantitative estimate of drug-likeness (QED) is 0.656. The number of fused-ring (bicyclic) bond motifs is 1. The number of carbonyl (C=O) groups is 1. The second-order valence-electron chi connectivity index (χ2n) is 5.33. The number of rotatable bonds is 5. The zero-order valence-corrected chi connectivity index (χ0v) is 14.4. The Labute approximate surface area is 148 Å². The number of hydrogen-bond donors (Lipinski definition) is 0. The van der Waals surface area contributed by atoms with Crippen molar-refractivity contribution >= 4 is 28.3 Å². The lowest BCUT2D eigenvalue weighted by Crippen LogP contribution is -2.24. The minimum atomic E-state index is -0.296. The first kappa shape index (κ1) is 17.0. The fourth-order valence-corrected chi connectivity index (χ4v) is 2.67. The average molecular weight is 359 g/mol. The summed E-state index contributed by atoms with van der Waals surface area (Å²) in [4.78, 5) is 29.2. The summed E-state index contributed by atoms with van der Waals surface area (Å²) in [6.45, 7) is -0.125. The summed E-state index contributed by atoms with van der Waals surface area (Å²) >= 11 is 5.90. The van der Waals surface area contributed by atoms with Gasteiger partial charge in [0.05, 0.1) is 38.0 Å². The highest BCUT2D eigenvalue weighted by Gasteiger charge is 2.13. The van der Waals surface area contributed by atoms with Crippen molar-refractivity contribution in [2.75, 3.05) is 14.2 Å². The lowest BCUT2D eigenvalue weighted by molar-refractivity contribution is 0.0970. The van der Waals surface area contributed by atoms with E-state index in [0.29, 0.717) is 33.0 Å². The molecule has 0 bridgehead atoms. The molecule has 0 N–H and O–H groups in total. The molecule has 0 aliphatic carbocycles. The highest BCUT2D eigenvalue weighted by atomic mass is 35.5. The van der Waals surface area contributed by atoms with Crippen molar-refractivity contribution in [2.24, 2.45) is 0 Å². The maximum atomic E-state index is 12.5. The molecular weight excluding hydrogens is 344 g/mol. The van der Waals surface area contributed by atoms with Gasteiger partial charge >= 0.3 is 0 Å². The van der Waals surface area contributed by atoms with Crippen molar-refractivity contribution < 1.29 is 14.3 Å². The van der Waals surface area contributed by atoms with Crippen molar-refractivity contribution in [3.05, 3.63) is 63.7 Å². The van der Waals surface area contributed by atoms with E-state index in [4.69, 9.17) is 21.1 Å². The van der Waals surface area contributed by atoms with Crippen molar-refractivity contribution in [3.8, 4) is 11.5 Å². The van der Waals surface area contributed by atoms with Crippen LogP contribution in [0, 0.1) is 0 Å². The van der Waals surface area contributed by atoms with Crippen LogP contribution in [-0.4, -0.2) is 29.6 Å². The number of methoxy groups -OCH3 is 2. The van der Waals surface area contributed by atoms with Crippen LogP contribution in [0.1, 0.15) is 10.4 Å². The lowest BCUT2D eigenvalue weighted by atomic mass is 10.1. The first-order valence-corrected chi connectivity index (χ1v) is 7.81. The smallest absolute Gasteiger partial charge is 0.261 e. The fourth-order valence-electron chi connectivity index (χ4n) is 2.50. The summed E-state index contributed by atoms with van der Waals surface area (Å²) in [5, 5.41) is 0.908. The van der Waals surface area contributed by atoms with Crippen LogP contribution in [-0.2, 0) is 6.54 Å². The number of ether oxygens (including phenoxy) is 2. The van der Waals surface area contributed by atoms with Gasteiger partial charge in [0, 0.05) is 10.6 Å². The first-order valence-electron chi connectivity index (χ1n) is 7.43. The SMILES string of the molecule is COc1ccc(C(=O)Cn2cnc3cc(Cl)ccc3c2=O)cc1OC. The molecule has 7 heteroatoms. The van der Waals surface area contributed by atoms with E-state index in [9.17, 15) is 9.59 Å². The van der Waals surface area contributed by atoms with Crippen LogP contribution in [0.5, 0.6) is 11.5 Å². The molecule has 0 aliphatic heterocycles. The summed E-state index contributed by atoms with van der Waals surface area (Å²) in [6, 6.07) is 9.69. The van der Waals surface area contributed by atoms with Crippen molar-refractivity contribution in [2.45, 2.75) is 6.54 Å². The minimum Gasteiger partial charge on any atom is -0.493 e. The Kier molecular flexibility index (Phi) is 4.72. The number of halogens is 1. The average Bonchev–Trinajstić information content (AvgIpc) is 2.63.